The number of hydrogen-bond donors (Lipinski definition) is 2. The molecule has 0 amide bonds. The Bertz CT molecular complexity index is 741. The molecule has 6 nitrogen and oxygen atoms in total. The van der Waals surface area contributed by atoms with Crippen molar-refractivity contribution in [2.24, 2.45) is 0 Å². The van der Waals surface area contributed by atoms with Gasteiger partial charge in [0.1, 0.15) is 0 Å². The summed E-state index contributed by atoms with van der Waals surface area (Å²) in [5.41, 5.74) is 1.48. The van der Waals surface area contributed by atoms with Gasteiger partial charge in [-0.25, -0.2) is 0 Å². The van der Waals surface area contributed by atoms with Crippen LogP contribution in [0.25, 0.3) is 11.3 Å². The van der Waals surface area contributed by atoms with Crippen molar-refractivity contribution in [3.05, 3.63) is 42.1 Å². The molecule has 3 rings (SSSR count). The summed E-state index contributed by atoms with van der Waals surface area (Å²) in [7, 11) is -0.652. The zero-order chi connectivity index (χ0) is 18.2. The number of aromatic nitrogens is 2. The van der Waals surface area contributed by atoms with E-state index < -0.39 is 30.1 Å². The van der Waals surface area contributed by atoms with Crippen molar-refractivity contribution < 1.29 is 19.2 Å². The van der Waals surface area contributed by atoms with Crippen LogP contribution in [0, 0.1) is 0 Å². The number of carboxylic acid groups (broad SMARTS) is 1. The summed E-state index contributed by atoms with van der Waals surface area (Å²) in [6.07, 6.45) is 1.57. The molecule has 0 radical (unpaired) electrons. The number of aliphatic carboxylic acids is 1. The van der Waals surface area contributed by atoms with Crippen LogP contribution in [0.15, 0.2) is 36.5 Å². The van der Waals surface area contributed by atoms with Crippen LogP contribution in [0.1, 0.15) is 45.5 Å². The van der Waals surface area contributed by atoms with Crippen molar-refractivity contribution in [1.29, 1.82) is 0 Å². The van der Waals surface area contributed by atoms with Gasteiger partial charge in [-0.05, 0) is 38.8 Å². The van der Waals surface area contributed by atoms with Gasteiger partial charge in [0.2, 0.25) is 0 Å². The maximum absolute atomic E-state index is 11.5. The summed E-state index contributed by atoms with van der Waals surface area (Å²) >= 11 is 0. The number of nitrogens with one attached hydrogen (secondary N) is 1. The quantitative estimate of drug-likeness (QED) is 0.815. The van der Waals surface area contributed by atoms with Gasteiger partial charge in [-0.2, -0.15) is 5.10 Å². The lowest BCUT2D eigenvalue weighted by Crippen LogP contribution is -2.41. The number of H-pyrrole nitrogens is 1. The Labute approximate surface area is 147 Å². The second-order valence-electron chi connectivity index (χ2n) is 7.40. The summed E-state index contributed by atoms with van der Waals surface area (Å²) in [6, 6.07) is 9.71. The first-order valence-corrected chi connectivity index (χ1v) is 8.37. The Morgan fingerprint density at radius 1 is 1.20 bits per heavy atom. The second kappa shape index (κ2) is 6.31. The molecule has 1 fully saturated rings. The monoisotopic (exact) mass is 342 g/mol. The van der Waals surface area contributed by atoms with Crippen LogP contribution in [-0.2, 0) is 14.1 Å². The lowest BCUT2D eigenvalue weighted by molar-refractivity contribution is -0.137. The molecule has 7 heteroatoms. The standard InChI is InChI=1S/C18H23BN2O4/c1-17(2)18(3,4)25-19(24-17)14(10-15(22)23)13-11-20-21-16(13)12-8-6-5-7-9-12/h5-9,11,14H,10H2,1-4H3,(H,20,21)(H,22,23). The van der Waals surface area contributed by atoms with Crippen molar-refractivity contribution in [2.45, 2.75) is 51.1 Å². The molecule has 1 atom stereocenters. The molecule has 0 bridgehead atoms. The molecule has 0 saturated carbocycles. The highest BCUT2D eigenvalue weighted by Crippen LogP contribution is 2.43. The third-order valence-electron chi connectivity index (χ3n) is 5.13. The second-order valence-corrected chi connectivity index (χ2v) is 7.40. The molecule has 0 aliphatic carbocycles. The van der Waals surface area contributed by atoms with Gasteiger partial charge < -0.3 is 14.4 Å². The first kappa shape index (κ1) is 17.7. The Balaban J connectivity index is 1.99. The highest BCUT2D eigenvalue weighted by molar-refractivity contribution is 6.48. The van der Waals surface area contributed by atoms with Gasteiger partial charge >= 0.3 is 13.1 Å². The average molecular weight is 342 g/mol. The minimum atomic E-state index is -0.903. The van der Waals surface area contributed by atoms with Crippen LogP contribution < -0.4 is 0 Å². The van der Waals surface area contributed by atoms with E-state index in [2.05, 4.69) is 10.2 Å². The molecule has 1 unspecified atom stereocenters. The molecule has 132 valence electrons. The molecular weight excluding hydrogens is 319 g/mol. The first-order chi connectivity index (χ1) is 11.7. The molecule has 1 aliphatic rings. The summed E-state index contributed by atoms with van der Waals surface area (Å²) < 4.78 is 12.2. The van der Waals surface area contributed by atoms with E-state index in [9.17, 15) is 9.90 Å². The summed E-state index contributed by atoms with van der Waals surface area (Å²) in [5.74, 6) is -1.37. The lowest BCUT2D eigenvalue weighted by atomic mass is 9.66. The van der Waals surface area contributed by atoms with Crippen LogP contribution in [0.4, 0.5) is 0 Å². The first-order valence-electron chi connectivity index (χ1n) is 8.37. The Morgan fingerprint density at radius 2 is 1.80 bits per heavy atom. The van der Waals surface area contributed by atoms with Gasteiger partial charge in [-0.1, -0.05) is 30.3 Å². The smallest absolute Gasteiger partial charge is 0.466 e. The Kier molecular flexibility index (Phi) is 4.47. The van der Waals surface area contributed by atoms with Crippen molar-refractivity contribution >= 4 is 13.1 Å². The molecule has 1 aromatic heterocycles. The number of hydrogen-bond acceptors (Lipinski definition) is 4. The molecular formula is C18H23BN2O4. The van der Waals surface area contributed by atoms with E-state index in [4.69, 9.17) is 9.31 Å². The highest BCUT2D eigenvalue weighted by atomic mass is 16.7. The Morgan fingerprint density at radius 3 is 2.36 bits per heavy atom. The van der Waals surface area contributed by atoms with Crippen molar-refractivity contribution in [2.75, 3.05) is 0 Å². The van der Waals surface area contributed by atoms with Crippen LogP contribution >= 0.6 is 0 Å². The van der Waals surface area contributed by atoms with Crippen LogP contribution in [0.5, 0.6) is 0 Å². The van der Waals surface area contributed by atoms with Crippen LogP contribution in [0.2, 0.25) is 0 Å². The molecule has 1 aromatic carbocycles. The van der Waals surface area contributed by atoms with Crippen LogP contribution in [-0.4, -0.2) is 39.6 Å². The number of carboxylic acids is 1. The van der Waals surface area contributed by atoms with E-state index in [-0.39, 0.29) is 6.42 Å². The van der Waals surface area contributed by atoms with Gasteiger partial charge in [0.25, 0.3) is 0 Å². The van der Waals surface area contributed by atoms with E-state index in [1.54, 1.807) is 6.20 Å². The molecule has 2 N–H and O–H groups in total. The third-order valence-corrected chi connectivity index (χ3v) is 5.13. The maximum Gasteiger partial charge on any atom is 0.466 e. The molecule has 25 heavy (non-hydrogen) atoms. The fourth-order valence-electron chi connectivity index (χ4n) is 3.01. The number of nitrogens with zero attached hydrogens (tertiary/aromatic N) is 1. The van der Waals surface area contributed by atoms with Gasteiger partial charge in [0.05, 0.1) is 29.5 Å². The van der Waals surface area contributed by atoms with E-state index >= 15 is 0 Å². The zero-order valence-corrected chi connectivity index (χ0v) is 14.9. The molecule has 2 aromatic rings. The van der Waals surface area contributed by atoms with Crippen molar-refractivity contribution in [1.82, 2.24) is 10.2 Å². The summed E-state index contributed by atoms with van der Waals surface area (Å²) in [5, 5.41) is 16.6. The number of benzene rings is 1. The maximum atomic E-state index is 11.5. The Hall–Kier alpha value is -2.12. The summed E-state index contributed by atoms with van der Waals surface area (Å²) in [6.45, 7) is 7.83. The van der Waals surface area contributed by atoms with E-state index in [0.717, 1.165) is 16.8 Å². The zero-order valence-electron chi connectivity index (χ0n) is 14.9. The number of carbonyl (C=O) groups is 1. The largest absolute Gasteiger partial charge is 0.481 e. The topological polar surface area (TPSA) is 84.4 Å². The number of aromatic amines is 1. The fraction of sp³-hybridized carbons (Fsp3) is 0.444. The van der Waals surface area contributed by atoms with E-state index in [1.165, 1.54) is 0 Å². The molecule has 0 spiro atoms. The predicted octanol–water partition coefficient (Wildman–Crippen LogP) is 3.27. The predicted molar refractivity (Wildman–Crippen MR) is 95.1 cm³/mol. The van der Waals surface area contributed by atoms with Crippen molar-refractivity contribution in [3.63, 3.8) is 0 Å². The van der Waals surface area contributed by atoms with Crippen molar-refractivity contribution in [3.8, 4) is 11.3 Å². The van der Waals surface area contributed by atoms with Gasteiger partial charge in [-0.3, -0.25) is 9.89 Å². The van der Waals surface area contributed by atoms with E-state index in [0.29, 0.717) is 0 Å². The lowest BCUT2D eigenvalue weighted by Gasteiger charge is -2.32. The van der Waals surface area contributed by atoms with Crippen LogP contribution in [0.3, 0.4) is 0 Å². The highest BCUT2D eigenvalue weighted by Gasteiger charge is 2.54. The summed E-state index contributed by atoms with van der Waals surface area (Å²) in [4.78, 5) is 11.5. The fourth-order valence-corrected chi connectivity index (χ4v) is 3.01. The average Bonchev–Trinajstić information content (AvgIpc) is 3.08. The third kappa shape index (κ3) is 3.34. The van der Waals surface area contributed by atoms with Gasteiger partial charge in [-0.15, -0.1) is 0 Å². The normalized spacial score (nSPS) is 19.8. The SMILES string of the molecule is CC1(C)OB(C(CC(=O)O)c2cn[nH]c2-c2ccccc2)OC1(C)C. The van der Waals surface area contributed by atoms with Gasteiger partial charge in [0, 0.05) is 5.82 Å². The molecule has 1 saturated heterocycles. The minimum absolute atomic E-state index is 0.101. The van der Waals surface area contributed by atoms with E-state index in [1.807, 2.05) is 58.0 Å². The molecule has 2 heterocycles. The molecule has 1 aliphatic heterocycles. The van der Waals surface area contributed by atoms with Gasteiger partial charge in [0.15, 0.2) is 0 Å². The minimum Gasteiger partial charge on any atom is -0.481 e. The number of rotatable bonds is 5.